The van der Waals surface area contributed by atoms with Gasteiger partial charge in [0.2, 0.25) is 0 Å². The van der Waals surface area contributed by atoms with E-state index in [-0.39, 0.29) is 30.2 Å². The lowest BCUT2D eigenvalue weighted by molar-refractivity contribution is 0.102. The quantitative estimate of drug-likeness (QED) is 0.115. The average Bonchev–Trinajstić information content (AvgIpc) is 3.03. The first kappa shape index (κ1) is 35.2. The van der Waals surface area contributed by atoms with Crippen LogP contribution < -0.4 is 18.9 Å². The molecule has 234 valence electrons. The Morgan fingerprint density at radius 1 is 0.595 bits per heavy atom. The summed E-state index contributed by atoms with van der Waals surface area (Å²) < 4.78 is 25.8. The number of allylic oxidation sites excluding steroid dienone is 1. The van der Waals surface area contributed by atoms with Gasteiger partial charge in [0.25, 0.3) is 0 Å². The van der Waals surface area contributed by atoms with Crippen LogP contribution in [-0.2, 0) is 6.42 Å². The van der Waals surface area contributed by atoms with E-state index in [9.17, 15) is 4.79 Å². The molecule has 0 amide bonds. The van der Waals surface area contributed by atoms with Crippen LogP contribution in [0.5, 0.6) is 23.0 Å². The van der Waals surface area contributed by atoms with Gasteiger partial charge in [-0.15, -0.1) is 0 Å². The maximum absolute atomic E-state index is 14.2. The van der Waals surface area contributed by atoms with E-state index < -0.39 is 0 Å². The van der Waals surface area contributed by atoms with Crippen LogP contribution >= 0.6 is 0 Å². The number of benzene rings is 2. The first-order valence-electron chi connectivity index (χ1n) is 16.5. The minimum absolute atomic E-state index is 0.00594. The van der Waals surface area contributed by atoms with E-state index in [4.69, 9.17) is 18.9 Å². The largest absolute Gasteiger partial charge is 0.490 e. The zero-order valence-electron chi connectivity index (χ0n) is 27.8. The predicted molar refractivity (Wildman–Crippen MR) is 176 cm³/mol. The van der Waals surface area contributed by atoms with Gasteiger partial charge in [-0.25, -0.2) is 0 Å². The number of aryl methyl sites for hydroxylation is 1. The van der Waals surface area contributed by atoms with Crippen LogP contribution in [0, 0.1) is 0 Å². The fourth-order valence-electron chi connectivity index (χ4n) is 4.92. The van der Waals surface area contributed by atoms with E-state index >= 15 is 0 Å². The molecule has 2 rings (SSSR count). The number of hydrogen-bond donors (Lipinski definition) is 0. The summed E-state index contributed by atoms with van der Waals surface area (Å²) in [6, 6.07) is 10.0. The number of carbonyl (C=O) groups excluding carboxylic acids is 1. The van der Waals surface area contributed by atoms with Crippen molar-refractivity contribution in [2.75, 3.05) is 0 Å². The Morgan fingerprint density at radius 2 is 1.02 bits per heavy atom. The van der Waals surface area contributed by atoms with Gasteiger partial charge < -0.3 is 18.9 Å². The molecule has 0 heterocycles. The maximum Gasteiger partial charge on any atom is 0.193 e. The zero-order chi connectivity index (χ0) is 31.1. The van der Waals surface area contributed by atoms with Crippen molar-refractivity contribution in [3.8, 4) is 23.0 Å². The van der Waals surface area contributed by atoms with Crippen molar-refractivity contribution in [2.45, 2.75) is 145 Å². The van der Waals surface area contributed by atoms with Crippen molar-refractivity contribution in [2.24, 2.45) is 0 Å². The van der Waals surface area contributed by atoms with Crippen LogP contribution in [0.15, 0.2) is 36.4 Å². The SMILES string of the molecule is CCc1ccc(OC(CC)CC)c(C=CC(=O)c2c(OC(CC)CC)ccc(OC(CC)CC)c2OC(CC)CC)c1. The van der Waals surface area contributed by atoms with Crippen molar-refractivity contribution >= 4 is 11.9 Å². The minimum atomic E-state index is -0.178. The molecule has 0 aliphatic rings. The number of rotatable bonds is 20. The van der Waals surface area contributed by atoms with Crippen molar-refractivity contribution in [3.05, 3.63) is 53.1 Å². The van der Waals surface area contributed by atoms with Crippen LogP contribution in [0.2, 0.25) is 0 Å². The number of carbonyl (C=O) groups is 1. The smallest absolute Gasteiger partial charge is 0.193 e. The highest BCUT2D eigenvalue weighted by Gasteiger charge is 2.26. The van der Waals surface area contributed by atoms with Crippen molar-refractivity contribution in [1.29, 1.82) is 0 Å². The summed E-state index contributed by atoms with van der Waals surface area (Å²) in [6.45, 7) is 19.0. The van der Waals surface area contributed by atoms with Gasteiger partial charge in [0.1, 0.15) is 17.1 Å². The van der Waals surface area contributed by atoms with E-state index in [2.05, 4.69) is 74.4 Å². The van der Waals surface area contributed by atoms with Gasteiger partial charge >= 0.3 is 0 Å². The molecule has 2 aromatic rings. The Morgan fingerprint density at radius 3 is 1.52 bits per heavy atom. The van der Waals surface area contributed by atoms with E-state index in [0.29, 0.717) is 22.8 Å². The Kier molecular flexibility index (Phi) is 15.6. The molecule has 5 nitrogen and oxygen atoms in total. The Bertz CT molecular complexity index is 1110. The second-order valence-corrected chi connectivity index (χ2v) is 10.9. The van der Waals surface area contributed by atoms with Gasteiger partial charge in [0.05, 0.1) is 24.4 Å². The first-order chi connectivity index (χ1) is 20.3. The monoisotopic (exact) mass is 580 g/mol. The molecule has 0 bridgehead atoms. The van der Waals surface area contributed by atoms with Crippen LogP contribution in [0.3, 0.4) is 0 Å². The number of hydrogen-bond acceptors (Lipinski definition) is 5. The first-order valence-corrected chi connectivity index (χ1v) is 16.5. The molecule has 0 radical (unpaired) electrons. The maximum atomic E-state index is 14.2. The molecule has 5 heteroatoms. The highest BCUT2D eigenvalue weighted by molar-refractivity contribution is 6.11. The summed E-state index contributed by atoms with van der Waals surface area (Å²) in [5.41, 5.74) is 2.50. The van der Waals surface area contributed by atoms with Crippen LogP contribution in [0.4, 0.5) is 0 Å². The third-order valence-corrected chi connectivity index (χ3v) is 8.03. The Labute approximate surface area is 256 Å². The summed E-state index contributed by atoms with van der Waals surface area (Å²) in [5.74, 6) is 2.21. The fourth-order valence-corrected chi connectivity index (χ4v) is 4.92. The molecule has 0 N–H and O–H groups in total. The summed E-state index contributed by atoms with van der Waals surface area (Å²) >= 11 is 0. The average molecular weight is 581 g/mol. The highest BCUT2D eigenvalue weighted by atomic mass is 16.5. The van der Waals surface area contributed by atoms with Gasteiger partial charge in [-0.3, -0.25) is 4.79 Å². The lowest BCUT2D eigenvalue weighted by Gasteiger charge is -2.26. The standard InChI is InChI=1S/C37H56O5/c1-10-26-19-22-33(39-28(11-2)12-3)27(25-26)20-21-32(38)36-34(40-29(13-4)14-5)23-24-35(41-30(15-6)16-7)37(36)42-31(17-8)18-9/h19-25,28-31H,10-18H2,1-9H3. The van der Waals surface area contributed by atoms with E-state index in [1.165, 1.54) is 5.56 Å². The second-order valence-electron chi connectivity index (χ2n) is 10.9. The molecule has 0 atom stereocenters. The van der Waals surface area contributed by atoms with Gasteiger partial charge in [-0.2, -0.15) is 0 Å². The topological polar surface area (TPSA) is 54.0 Å². The minimum Gasteiger partial charge on any atom is -0.490 e. The third-order valence-electron chi connectivity index (χ3n) is 8.03. The molecule has 0 saturated carbocycles. The van der Waals surface area contributed by atoms with Crippen molar-refractivity contribution < 1.29 is 23.7 Å². The molecule has 0 unspecified atom stereocenters. The summed E-state index contributed by atoms with van der Waals surface area (Å²) in [5, 5.41) is 0. The summed E-state index contributed by atoms with van der Waals surface area (Å²) in [7, 11) is 0. The predicted octanol–water partition coefficient (Wildman–Crippen LogP) is 10.4. The zero-order valence-corrected chi connectivity index (χ0v) is 27.8. The van der Waals surface area contributed by atoms with Gasteiger partial charge in [-0.1, -0.05) is 68.4 Å². The van der Waals surface area contributed by atoms with Crippen LogP contribution in [-0.4, -0.2) is 30.2 Å². The summed E-state index contributed by atoms with van der Waals surface area (Å²) in [4.78, 5) is 14.2. The summed E-state index contributed by atoms with van der Waals surface area (Å²) in [6.07, 6.45) is 11.4. The van der Waals surface area contributed by atoms with E-state index in [1.54, 1.807) is 6.08 Å². The highest BCUT2D eigenvalue weighted by Crippen LogP contribution is 2.41. The molecule has 0 spiro atoms. The molecular weight excluding hydrogens is 524 g/mol. The molecular formula is C37H56O5. The molecule has 42 heavy (non-hydrogen) atoms. The van der Waals surface area contributed by atoms with Crippen molar-refractivity contribution in [1.82, 2.24) is 0 Å². The van der Waals surface area contributed by atoms with E-state index in [1.807, 2.05) is 24.3 Å². The van der Waals surface area contributed by atoms with Crippen LogP contribution in [0.1, 0.15) is 135 Å². The van der Waals surface area contributed by atoms with Crippen molar-refractivity contribution in [3.63, 3.8) is 0 Å². The lowest BCUT2D eigenvalue weighted by atomic mass is 10.0. The van der Waals surface area contributed by atoms with Gasteiger partial charge in [0.15, 0.2) is 17.3 Å². The number of ketones is 1. The Balaban J connectivity index is 2.71. The fraction of sp³-hybridized carbons (Fsp3) is 0.595. The number of ether oxygens (including phenoxy) is 4. The van der Waals surface area contributed by atoms with E-state index in [0.717, 1.165) is 69.1 Å². The third kappa shape index (κ3) is 9.81. The second kappa shape index (κ2) is 18.6. The van der Waals surface area contributed by atoms with Gasteiger partial charge in [-0.05, 0) is 99.8 Å². The lowest BCUT2D eigenvalue weighted by Crippen LogP contribution is -2.21. The molecule has 0 aromatic heterocycles. The van der Waals surface area contributed by atoms with Crippen LogP contribution in [0.25, 0.3) is 6.08 Å². The molecule has 0 aliphatic carbocycles. The van der Waals surface area contributed by atoms with Gasteiger partial charge in [0, 0.05) is 5.56 Å². The molecule has 0 saturated heterocycles. The molecule has 2 aromatic carbocycles. The Hall–Kier alpha value is -2.95. The normalized spacial score (nSPS) is 11.7. The molecule has 0 aliphatic heterocycles. The molecule has 0 fully saturated rings.